The number of anilines is 1. The number of carbonyl (C=O) groups is 2. The van der Waals surface area contributed by atoms with Gasteiger partial charge in [-0.2, -0.15) is 4.98 Å². The minimum Gasteiger partial charge on any atom is -0.478 e. The molecule has 1 amide bonds. The van der Waals surface area contributed by atoms with E-state index in [9.17, 15) is 9.59 Å². The number of aromatic nitrogens is 2. The molecule has 1 aromatic heterocycles. The SMILES string of the molecule is O=C(CCc1nc(-c2ccc(Cl)cc2)no1)Nc1ccccc1C(=O)O. The molecular weight excluding hydrogens is 358 g/mol. The Labute approximate surface area is 153 Å². The second kappa shape index (κ2) is 7.79. The zero-order valence-electron chi connectivity index (χ0n) is 13.5. The Hall–Kier alpha value is -3.19. The van der Waals surface area contributed by atoms with Gasteiger partial charge in [-0.05, 0) is 36.4 Å². The van der Waals surface area contributed by atoms with Crippen LogP contribution >= 0.6 is 11.6 Å². The zero-order valence-corrected chi connectivity index (χ0v) is 14.2. The van der Waals surface area contributed by atoms with Crippen molar-refractivity contribution in [1.29, 1.82) is 0 Å². The van der Waals surface area contributed by atoms with Crippen molar-refractivity contribution in [2.45, 2.75) is 12.8 Å². The fourth-order valence-corrected chi connectivity index (χ4v) is 2.41. The number of nitrogens with one attached hydrogen (secondary N) is 1. The van der Waals surface area contributed by atoms with Crippen LogP contribution in [0.1, 0.15) is 22.7 Å². The summed E-state index contributed by atoms with van der Waals surface area (Å²) < 4.78 is 5.14. The van der Waals surface area contributed by atoms with E-state index in [1.807, 2.05) is 0 Å². The summed E-state index contributed by atoms with van der Waals surface area (Å²) in [6.07, 6.45) is 0.317. The molecule has 2 aromatic carbocycles. The molecule has 0 spiro atoms. The largest absolute Gasteiger partial charge is 0.478 e. The summed E-state index contributed by atoms with van der Waals surface area (Å²) in [7, 11) is 0. The van der Waals surface area contributed by atoms with Gasteiger partial charge in [0.2, 0.25) is 17.6 Å². The number of nitrogens with zero attached hydrogens (tertiary/aromatic N) is 2. The number of para-hydroxylation sites is 1. The van der Waals surface area contributed by atoms with Crippen molar-refractivity contribution in [3.05, 3.63) is 65.0 Å². The topological polar surface area (TPSA) is 105 Å². The van der Waals surface area contributed by atoms with Gasteiger partial charge in [0.25, 0.3) is 0 Å². The third-order valence-corrected chi connectivity index (χ3v) is 3.82. The molecule has 0 saturated heterocycles. The van der Waals surface area contributed by atoms with Crippen molar-refractivity contribution >= 4 is 29.2 Å². The molecule has 8 heteroatoms. The Morgan fingerprint density at radius 1 is 1.12 bits per heavy atom. The first-order chi connectivity index (χ1) is 12.5. The number of aryl methyl sites for hydroxylation is 1. The molecule has 0 radical (unpaired) electrons. The van der Waals surface area contributed by atoms with Crippen molar-refractivity contribution < 1.29 is 19.2 Å². The second-order valence-electron chi connectivity index (χ2n) is 5.42. The predicted molar refractivity (Wildman–Crippen MR) is 95.1 cm³/mol. The molecule has 0 bridgehead atoms. The van der Waals surface area contributed by atoms with Gasteiger partial charge in [-0.3, -0.25) is 4.79 Å². The molecule has 0 fully saturated rings. The van der Waals surface area contributed by atoms with Crippen molar-refractivity contribution in [1.82, 2.24) is 10.1 Å². The Morgan fingerprint density at radius 3 is 2.58 bits per heavy atom. The van der Waals surface area contributed by atoms with E-state index in [0.29, 0.717) is 16.7 Å². The Morgan fingerprint density at radius 2 is 1.85 bits per heavy atom. The van der Waals surface area contributed by atoms with Crippen LogP contribution in [-0.2, 0) is 11.2 Å². The number of rotatable bonds is 6. The number of amides is 1. The lowest BCUT2D eigenvalue weighted by Gasteiger charge is -2.07. The van der Waals surface area contributed by atoms with Gasteiger partial charge in [0.05, 0.1) is 11.3 Å². The first-order valence-electron chi connectivity index (χ1n) is 7.73. The maximum absolute atomic E-state index is 12.1. The molecule has 0 atom stereocenters. The average Bonchev–Trinajstić information content (AvgIpc) is 3.10. The lowest BCUT2D eigenvalue weighted by atomic mass is 10.1. The highest BCUT2D eigenvalue weighted by molar-refractivity contribution is 6.30. The average molecular weight is 372 g/mol. The van der Waals surface area contributed by atoms with Gasteiger partial charge in [-0.15, -0.1) is 0 Å². The Balaban J connectivity index is 1.60. The number of carboxylic acids is 1. The van der Waals surface area contributed by atoms with Gasteiger partial charge in [-0.25, -0.2) is 4.79 Å². The smallest absolute Gasteiger partial charge is 0.337 e. The molecule has 7 nitrogen and oxygen atoms in total. The van der Waals surface area contributed by atoms with Gasteiger partial charge in [-0.1, -0.05) is 28.9 Å². The highest BCUT2D eigenvalue weighted by atomic mass is 35.5. The van der Waals surface area contributed by atoms with Gasteiger partial charge in [0, 0.05) is 23.4 Å². The van der Waals surface area contributed by atoms with Crippen LogP contribution in [0, 0.1) is 0 Å². The van der Waals surface area contributed by atoms with Crippen LogP contribution in [0.4, 0.5) is 5.69 Å². The minimum absolute atomic E-state index is 0.0312. The van der Waals surface area contributed by atoms with Crippen molar-refractivity contribution in [2.24, 2.45) is 0 Å². The van der Waals surface area contributed by atoms with Crippen molar-refractivity contribution in [3.63, 3.8) is 0 Å². The molecule has 3 aromatic rings. The highest BCUT2D eigenvalue weighted by Gasteiger charge is 2.14. The quantitative estimate of drug-likeness (QED) is 0.685. The molecule has 0 aliphatic rings. The van der Waals surface area contributed by atoms with Crippen LogP contribution in [0.25, 0.3) is 11.4 Å². The summed E-state index contributed by atoms with van der Waals surface area (Å²) in [6, 6.07) is 13.2. The van der Waals surface area contributed by atoms with E-state index in [4.69, 9.17) is 21.2 Å². The lowest BCUT2D eigenvalue weighted by Crippen LogP contribution is -2.15. The third kappa shape index (κ3) is 4.25. The summed E-state index contributed by atoms with van der Waals surface area (Å²) in [6.45, 7) is 0. The van der Waals surface area contributed by atoms with Crippen LogP contribution < -0.4 is 5.32 Å². The van der Waals surface area contributed by atoms with Crippen molar-refractivity contribution in [3.8, 4) is 11.4 Å². The summed E-state index contributed by atoms with van der Waals surface area (Å²) >= 11 is 5.84. The molecule has 0 aliphatic heterocycles. The van der Waals surface area contributed by atoms with Gasteiger partial charge in [0.15, 0.2) is 0 Å². The van der Waals surface area contributed by atoms with Crippen LogP contribution in [0.2, 0.25) is 5.02 Å². The lowest BCUT2D eigenvalue weighted by molar-refractivity contribution is -0.116. The number of carbonyl (C=O) groups excluding carboxylic acids is 1. The van der Waals surface area contributed by atoms with Crippen LogP contribution in [0.15, 0.2) is 53.1 Å². The van der Waals surface area contributed by atoms with E-state index in [1.165, 1.54) is 12.1 Å². The number of benzene rings is 2. The Kier molecular flexibility index (Phi) is 5.28. The summed E-state index contributed by atoms with van der Waals surface area (Å²) in [5, 5.41) is 16.2. The van der Waals surface area contributed by atoms with Crippen molar-refractivity contribution in [2.75, 3.05) is 5.32 Å². The van der Waals surface area contributed by atoms with E-state index in [2.05, 4.69) is 15.5 Å². The molecule has 26 heavy (non-hydrogen) atoms. The Bertz CT molecular complexity index is 938. The van der Waals surface area contributed by atoms with E-state index in [1.54, 1.807) is 36.4 Å². The number of carboxylic acid groups (broad SMARTS) is 1. The summed E-state index contributed by atoms with van der Waals surface area (Å²) in [4.78, 5) is 27.5. The zero-order chi connectivity index (χ0) is 18.5. The molecule has 0 unspecified atom stereocenters. The number of aromatic carboxylic acids is 1. The maximum atomic E-state index is 12.1. The van der Waals surface area contributed by atoms with Gasteiger partial charge < -0.3 is 14.9 Å². The van der Waals surface area contributed by atoms with Crippen LogP contribution in [0.5, 0.6) is 0 Å². The van der Waals surface area contributed by atoms with Gasteiger partial charge in [0.1, 0.15) is 0 Å². The first kappa shape index (κ1) is 17.6. The molecule has 2 N–H and O–H groups in total. The molecule has 3 rings (SSSR count). The van der Waals surface area contributed by atoms with E-state index in [-0.39, 0.29) is 30.0 Å². The molecule has 1 heterocycles. The standard InChI is InChI=1S/C18H14ClN3O4/c19-12-7-5-11(6-8-12)17-21-16(26-22-17)10-9-15(23)20-14-4-2-1-3-13(14)18(24)25/h1-8H,9-10H2,(H,20,23)(H,24,25). The summed E-state index contributed by atoms with van der Waals surface area (Å²) in [5.74, 6) is -0.722. The fourth-order valence-electron chi connectivity index (χ4n) is 2.28. The maximum Gasteiger partial charge on any atom is 0.337 e. The molecular formula is C18H14ClN3O4. The number of hydrogen-bond donors (Lipinski definition) is 2. The molecule has 132 valence electrons. The van der Waals surface area contributed by atoms with E-state index < -0.39 is 5.97 Å². The highest BCUT2D eigenvalue weighted by Crippen LogP contribution is 2.19. The van der Waals surface area contributed by atoms with E-state index >= 15 is 0 Å². The molecule has 0 saturated carbocycles. The molecule has 0 aliphatic carbocycles. The van der Waals surface area contributed by atoms with Crippen LogP contribution in [-0.4, -0.2) is 27.1 Å². The van der Waals surface area contributed by atoms with E-state index in [0.717, 1.165) is 5.56 Å². The third-order valence-electron chi connectivity index (χ3n) is 3.57. The number of halogens is 1. The number of hydrogen-bond acceptors (Lipinski definition) is 5. The second-order valence-corrected chi connectivity index (χ2v) is 5.85. The monoisotopic (exact) mass is 371 g/mol. The normalized spacial score (nSPS) is 10.5. The fraction of sp³-hybridized carbons (Fsp3) is 0.111. The van der Waals surface area contributed by atoms with Gasteiger partial charge >= 0.3 is 5.97 Å². The minimum atomic E-state index is -1.11. The van der Waals surface area contributed by atoms with Crippen LogP contribution in [0.3, 0.4) is 0 Å². The summed E-state index contributed by atoms with van der Waals surface area (Å²) in [5.41, 5.74) is 1.03. The predicted octanol–water partition coefficient (Wildman–Crippen LogP) is 3.66. The first-order valence-corrected chi connectivity index (χ1v) is 8.11.